The number of hydrogen-bond acceptors (Lipinski definition) is 4. The molecule has 106 valence electrons. The Morgan fingerprint density at radius 1 is 1.05 bits per heavy atom. The lowest BCUT2D eigenvalue weighted by Crippen LogP contribution is -2.20. The predicted octanol–water partition coefficient (Wildman–Crippen LogP) is 2.23. The first-order chi connectivity index (χ1) is 9.74. The van der Waals surface area contributed by atoms with Gasteiger partial charge in [0, 0.05) is 12.6 Å². The van der Waals surface area contributed by atoms with Crippen molar-refractivity contribution in [3.8, 4) is 11.5 Å². The summed E-state index contributed by atoms with van der Waals surface area (Å²) in [4.78, 5) is 0. The van der Waals surface area contributed by atoms with Crippen molar-refractivity contribution in [3.63, 3.8) is 0 Å². The molecule has 4 heteroatoms. The molecular weight excluding hydrogens is 252 g/mol. The van der Waals surface area contributed by atoms with Gasteiger partial charge in [-0.15, -0.1) is 0 Å². The number of ether oxygens (including phenoxy) is 2. The summed E-state index contributed by atoms with van der Waals surface area (Å²) >= 11 is 0. The smallest absolute Gasteiger partial charge is 0.161 e. The van der Waals surface area contributed by atoms with Crippen LogP contribution in [-0.4, -0.2) is 13.7 Å². The minimum atomic E-state index is -0.194. The van der Waals surface area contributed by atoms with Gasteiger partial charge in [0.25, 0.3) is 0 Å². The standard InChI is InChI=1S/C16H20N2O2/c1-19-15-8-7-13(14(18)10-17)9-16(15)20-11-12-5-3-2-4-6-12/h2-9,14H,10-11,17-18H2,1H3/t14-/m1/s1. The van der Waals surface area contributed by atoms with Crippen LogP contribution >= 0.6 is 0 Å². The fraction of sp³-hybridized carbons (Fsp3) is 0.250. The molecule has 2 aromatic carbocycles. The number of benzene rings is 2. The van der Waals surface area contributed by atoms with Crippen LogP contribution in [0.1, 0.15) is 17.2 Å². The average Bonchev–Trinajstić information content (AvgIpc) is 2.52. The largest absolute Gasteiger partial charge is 0.493 e. The monoisotopic (exact) mass is 272 g/mol. The lowest BCUT2D eigenvalue weighted by atomic mass is 10.1. The Kier molecular flexibility index (Phi) is 4.98. The topological polar surface area (TPSA) is 70.5 Å². The van der Waals surface area contributed by atoms with Crippen molar-refractivity contribution in [1.29, 1.82) is 0 Å². The van der Waals surface area contributed by atoms with Crippen LogP contribution in [0, 0.1) is 0 Å². The summed E-state index contributed by atoms with van der Waals surface area (Å²) < 4.78 is 11.1. The summed E-state index contributed by atoms with van der Waals surface area (Å²) in [7, 11) is 1.62. The van der Waals surface area contributed by atoms with Crippen molar-refractivity contribution in [2.75, 3.05) is 13.7 Å². The van der Waals surface area contributed by atoms with Gasteiger partial charge >= 0.3 is 0 Å². The van der Waals surface area contributed by atoms with Gasteiger partial charge < -0.3 is 20.9 Å². The molecule has 0 radical (unpaired) electrons. The van der Waals surface area contributed by atoms with Gasteiger partial charge in [0.15, 0.2) is 11.5 Å². The lowest BCUT2D eigenvalue weighted by molar-refractivity contribution is 0.284. The molecule has 4 N–H and O–H groups in total. The van der Waals surface area contributed by atoms with E-state index in [1.807, 2.05) is 48.5 Å². The summed E-state index contributed by atoms with van der Waals surface area (Å²) in [5.41, 5.74) is 13.6. The SMILES string of the molecule is COc1ccc([C@H](N)CN)cc1OCc1ccccc1. The molecule has 2 aromatic rings. The van der Waals surface area contributed by atoms with Crippen LogP contribution < -0.4 is 20.9 Å². The molecule has 0 aromatic heterocycles. The van der Waals surface area contributed by atoms with Gasteiger partial charge in [-0.3, -0.25) is 0 Å². The molecule has 0 heterocycles. The van der Waals surface area contributed by atoms with Crippen LogP contribution in [0.5, 0.6) is 11.5 Å². The van der Waals surface area contributed by atoms with E-state index in [4.69, 9.17) is 20.9 Å². The summed E-state index contributed by atoms with van der Waals surface area (Å²) in [5, 5.41) is 0. The Morgan fingerprint density at radius 3 is 2.45 bits per heavy atom. The normalized spacial score (nSPS) is 11.9. The fourth-order valence-corrected chi connectivity index (χ4v) is 1.91. The molecule has 0 saturated heterocycles. The third kappa shape index (κ3) is 3.50. The molecule has 0 bridgehead atoms. The van der Waals surface area contributed by atoms with Gasteiger partial charge in [0.1, 0.15) is 6.61 Å². The molecule has 0 unspecified atom stereocenters. The Balaban J connectivity index is 2.16. The van der Waals surface area contributed by atoms with Crippen molar-refractivity contribution in [3.05, 3.63) is 59.7 Å². The van der Waals surface area contributed by atoms with Crippen molar-refractivity contribution in [2.24, 2.45) is 11.5 Å². The molecule has 0 amide bonds. The molecule has 0 aliphatic heterocycles. The zero-order valence-corrected chi connectivity index (χ0v) is 11.6. The molecule has 2 rings (SSSR count). The average molecular weight is 272 g/mol. The lowest BCUT2D eigenvalue weighted by Gasteiger charge is -2.15. The molecule has 4 nitrogen and oxygen atoms in total. The predicted molar refractivity (Wildman–Crippen MR) is 79.8 cm³/mol. The van der Waals surface area contributed by atoms with Crippen LogP contribution in [-0.2, 0) is 6.61 Å². The number of rotatable bonds is 6. The highest BCUT2D eigenvalue weighted by Crippen LogP contribution is 2.30. The van der Waals surface area contributed by atoms with Gasteiger partial charge in [-0.1, -0.05) is 36.4 Å². The maximum absolute atomic E-state index is 5.94. The van der Waals surface area contributed by atoms with E-state index in [0.717, 1.165) is 11.1 Å². The zero-order chi connectivity index (χ0) is 14.4. The van der Waals surface area contributed by atoms with Gasteiger partial charge in [-0.2, -0.15) is 0 Å². The van der Waals surface area contributed by atoms with E-state index in [0.29, 0.717) is 24.7 Å². The Bertz CT molecular complexity index is 543. The quantitative estimate of drug-likeness (QED) is 0.846. The molecule has 0 aliphatic rings. The maximum Gasteiger partial charge on any atom is 0.161 e. The van der Waals surface area contributed by atoms with E-state index < -0.39 is 0 Å². The van der Waals surface area contributed by atoms with Crippen molar-refractivity contribution in [2.45, 2.75) is 12.6 Å². The second kappa shape index (κ2) is 6.93. The van der Waals surface area contributed by atoms with Crippen molar-refractivity contribution >= 4 is 0 Å². The first-order valence-electron chi connectivity index (χ1n) is 6.55. The first kappa shape index (κ1) is 14.4. The van der Waals surface area contributed by atoms with E-state index in [1.165, 1.54) is 0 Å². The van der Waals surface area contributed by atoms with Crippen LogP contribution in [0.4, 0.5) is 0 Å². The summed E-state index contributed by atoms with van der Waals surface area (Å²) in [6, 6.07) is 15.4. The maximum atomic E-state index is 5.94. The molecule has 20 heavy (non-hydrogen) atoms. The minimum absolute atomic E-state index is 0.194. The number of hydrogen-bond donors (Lipinski definition) is 2. The third-order valence-electron chi connectivity index (χ3n) is 3.11. The van der Waals surface area contributed by atoms with E-state index in [1.54, 1.807) is 7.11 Å². The molecule has 0 fully saturated rings. The molecule has 0 spiro atoms. The zero-order valence-electron chi connectivity index (χ0n) is 11.6. The van der Waals surface area contributed by atoms with E-state index in [-0.39, 0.29) is 6.04 Å². The Morgan fingerprint density at radius 2 is 1.80 bits per heavy atom. The highest BCUT2D eigenvalue weighted by molar-refractivity contribution is 5.44. The van der Waals surface area contributed by atoms with Crippen LogP contribution in [0.15, 0.2) is 48.5 Å². The second-order valence-electron chi connectivity index (χ2n) is 4.53. The number of methoxy groups -OCH3 is 1. The molecular formula is C16H20N2O2. The third-order valence-corrected chi connectivity index (χ3v) is 3.11. The second-order valence-corrected chi connectivity index (χ2v) is 4.53. The van der Waals surface area contributed by atoms with Crippen LogP contribution in [0.3, 0.4) is 0 Å². The van der Waals surface area contributed by atoms with Crippen molar-refractivity contribution in [1.82, 2.24) is 0 Å². The summed E-state index contributed by atoms with van der Waals surface area (Å²) in [5.74, 6) is 1.37. The number of nitrogens with two attached hydrogens (primary N) is 2. The minimum Gasteiger partial charge on any atom is -0.493 e. The van der Waals surface area contributed by atoms with E-state index in [9.17, 15) is 0 Å². The molecule has 1 atom stereocenters. The molecule has 0 aliphatic carbocycles. The van der Waals surface area contributed by atoms with Gasteiger partial charge in [-0.25, -0.2) is 0 Å². The van der Waals surface area contributed by atoms with Gasteiger partial charge in [0.2, 0.25) is 0 Å². The highest BCUT2D eigenvalue weighted by Gasteiger charge is 2.10. The van der Waals surface area contributed by atoms with Crippen LogP contribution in [0.2, 0.25) is 0 Å². The van der Waals surface area contributed by atoms with Crippen molar-refractivity contribution < 1.29 is 9.47 Å². The Hall–Kier alpha value is -2.04. The van der Waals surface area contributed by atoms with E-state index >= 15 is 0 Å². The van der Waals surface area contributed by atoms with Gasteiger partial charge in [-0.05, 0) is 23.3 Å². The first-order valence-corrected chi connectivity index (χ1v) is 6.55. The fourth-order valence-electron chi connectivity index (χ4n) is 1.91. The van der Waals surface area contributed by atoms with Gasteiger partial charge in [0.05, 0.1) is 7.11 Å². The summed E-state index contributed by atoms with van der Waals surface area (Å²) in [6.45, 7) is 0.878. The molecule has 0 saturated carbocycles. The summed E-state index contributed by atoms with van der Waals surface area (Å²) in [6.07, 6.45) is 0. The van der Waals surface area contributed by atoms with E-state index in [2.05, 4.69) is 0 Å². The highest BCUT2D eigenvalue weighted by atomic mass is 16.5. The Labute approximate surface area is 119 Å². The van der Waals surface area contributed by atoms with Crippen LogP contribution in [0.25, 0.3) is 0 Å².